The first-order valence-corrected chi connectivity index (χ1v) is 8.54. The molecule has 1 saturated heterocycles. The molecule has 1 fully saturated rings. The number of piperazine rings is 1. The summed E-state index contributed by atoms with van der Waals surface area (Å²) in [6.45, 7) is 6.58. The molecular weight excluding hydrogens is 306 g/mol. The highest BCUT2D eigenvalue weighted by atomic mass is 16.5. The van der Waals surface area contributed by atoms with E-state index in [-0.39, 0.29) is 18.5 Å². The van der Waals surface area contributed by atoms with Crippen LogP contribution in [0.1, 0.15) is 19.4 Å². The van der Waals surface area contributed by atoms with Gasteiger partial charge < -0.3 is 15.4 Å². The lowest BCUT2D eigenvalue weighted by Gasteiger charge is -2.37. The Morgan fingerprint density at radius 2 is 2.12 bits per heavy atom. The summed E-state index contributed by atoms with van der Waals surface area (Å²) in [6, 6.07) is 10.0. The zero-order chi connectivity index (χ0) is 17.4. The summed E-state index contributed by atoms with van der Waals surface area (Å²) >= 11 is 0. The van der Waals surface area contributed by atoms with Gasteiger partial charge in [-0.3, -0.25) is 14.5 Å². The van der Waals surface area contributed by atoms with Crippen molar-refractivity contribution in [1.29, 1.82) is 0 Å². The van der Waals surface area contributed by atoms with Crippen molar-refractivity contribution in [1.82, 2.24) is 15.5 Å². The molecule has 2 rings (SSSR count). The number of carbonyl (C=O) groups is 2. The number of nitrogens with one attached hydrogen (secondary N) is 2. The molecule has 6 nitrogen and oxygen atoms in total. The fourth-order valence-electron chi connectivity index (χ4n) is 2.96. The Morgan fingerprint density at radius 1 is 1.38 bits per heavy atom. The van der Waals surface area contributed by atoms with Crippen LogP contribution in [0, 0.1) is 0 Å². The van der Waals surface area contributed by atoms with Gasteiger partial charge in [-0.1, -0.05) is 30.3 Å². The largest absolute Gasteiger partial charge is 0.465 e. The summed E-state index contributed by atoms with van der Waals surface area (Å²) in [4.78, 5) is 26.4. The van der Waals surface area contributed by atoms with Gasteiger partial charge in [-0.05, 0) is 25.8 Å². The van der Waals surface area contributed by atoms with E-state index >= 15 is 0 Å². The van der Waals surface area contributed by atoms with Crippen molar-refractivity contribution >= 4 is 11.9 Å². The number of hydrogen-bond donors (Lipinski definition) is 2. The zero-order valence-corrected chi connectivity index (χ0v) is 14.5. The molecule has 0 aromatic heterocycles. The van der Waals surface area contributed by atoms with Gasteiger partial charge in [0.25, 0.3) is 0 Å². The lowest BCUT2D eigenvalue weighted by molar-refractivity contribution is -0.144. The number of benzene rings is 1. The fraction of sp³-hybridized carbons (Fsp3) is 0.556. The summed E-state index contributed by atoms with van der Waals surface area (Å²) in [6.07, 6.45) is 0.627. The molecule has 1 amide bonds. The van der Waals surface area contributed by atoms with Gasteiger partial charge in [0.1, 0.15) is 6.54 Å². The van der Waals surface area contributed by atoms with Gasteiger partial charge in [0.15, 0.2) is 0 Å². The van der Waals surface area contributed by atoms with Crippen LogP contribution in [0.5, 0.6) is 0 Å². The van der Waals surface area contributed by atoms with Crippen molar-refractivity contribution in [3.05, 3.63) is 35.9 Å². The second kappa shape index (κ2) is 9.39. The molecule has 0 spiro atoms. The fourth-order valence-corrected chi connectivity index (χ4v) is 2.96. The Bertz CT molecular complexity index is 536. The first kappa shape index (κ1) is 18.4. The Hall–Kier alpha value is -1.92. The van der Waals surface area contributed by atoms with E-state index in [1.807, 2.05) is 30.3 Å². The molecule has 1 aliphatic rings. The predicted molar refractivity (Wildman–Crippen MR) is 92.6 cm³/mol. The molecule has 1 aliphatic heterocycles. The van der Waals surface area contributed by atoms with Crippen LogP contribution in [0.4, 0.5) is 0 Å². The number of hydrogen-bond acceptors (Lipinski definition) is 5. The Kier molecular flexibility index (Phi) is 7.21. The zero-order valence-electron chi connectivity index (χ0n) is 14.5. The van der Waals surface area contributed by atoms with Crippen LogP contribution in [0.2, 0.25) is 0 Å². The van der Waals surface area contributed by atoms with Gasteiger partial charge in [0.05, 0.1) is 12.6 Å². The molecule has 0 radical (unpaired) electrons. The first-order valence-electron chi connectivity index (χ1n) is 8.54. The van der Waals surface area contributed by atoms with Crippen LogP contribution >= 0.6 is 0 Å². The standard InChI is InChI=1S/C18H27N3O3/c1-3-24-17(22)12-20-18(23)16(11-15-7-5-4-6-8-15)21-10-9-19-14(2)13-21/h4-8,14,16,19H,3,9-13H2,1-2H3,(H,20,23)/t14-,16-/m1/s1. The van der Waals surface area contributed by atoms with E-state index in [0.717, 1.165) is 25.2 Å². The molecule has 0 aliphatic carbocycles. The van der Waals surface area contributed by atoms with E-state index in [1.165, 1.54) is 0 Å². The number of nitrogens with zero attached hydrogens (tertiary/aromatic N) is 1. The molecule has 132 valence electrons. The van der Waals surface area contributed by atoms with E-state index in [4.69, 9.17) is 4.74 Å². The van der Waals surface area contributed by atoms with Crippen molar-refractivity contribution < 1.29 is 14.3 Å². The SMILES string of the molecule is CCOC(=O)CNC(=O)[C@@H](Cc1ccccc1)N1CCN[C@H](C)C1. The van der Waals surface area contributed by atoms with Crippen molar-refractivity contribution in [3.63, 3.8) is 0 Å². The summed E-state index contributed by atoms with van der Waals surface area (Å²) in [5.74, 6) is -0.529. The van der Waals surface area contributed by atoms with Gasteiger partial charge in [-0.2, -0.15) is 0 Å². The second-order valence-electron chi connectivity index (χ2n) is 6.08. The quantitative estimate of drug-likeness (QED) is 0.714. The van der Waals surface area contributed by atoms with Gasteiger partial charge in [-0.15, -0.1) is 0 Å². The average Bonchev–Trinajstić information content (AvgIpc) is 2.59. The highest BCUT2D eigenvalue weighted by molar-refractivity contribution is 5.86. The number of amides is 1. The van der Waals surface area contributed by atoms with Crippen LogP contribution in [-0.4, -0.2) is 61.6 Å². The van der Waals surface area contributed by atoms with E-state index in [0.29, 0.717) is 19.1 Å². The third-order valence-corrected chi connectivity index (χ3v) is 4.13. The van der Waals surface area contributed by atoms with Gasteiger partial charge in [0.2, 0.25) is 5.91 Å². The third-order valence-electron chi connectivity index (χ3n) is 4.13. The molecule has 2 N–H and O–H groups in total. The van der Waals surface area contributed by atoms with Crippen LogP contribution in [0.3, 0.4) is 0 Å². The van der Waals surface area contributed by atoms with E-state index in [9.17, 15) is 9.59 Å². The molecule has 2 atom stereocenters. The predicted octanol–water partition coefficient (Wildman–Crippen LogP) is 0.571. The normalized spacial score (nSPS) is 19.5. The topological polar surface area (TPSA) is 70.7 Å². The molecule has 0 bridgehead atoms. The molecule has 6 heteroatoms. The Balaban J connectivity index is 2.03. The highest BCUT2D eigenvalue weighted by Crippen LogP contribution is 2.12. The second-order valence-corrected chi connectivity index (χ2v) is 6.08. The maximum atomic E-state index is 12.7. The Morgan fingerprint density at radius 3 is 2.79 bits per heavy atom. The van der Waals surface area contributed by atoms with E-state index < -0.39 is 5.97 Å². The summed E-state index contributed by atoms with van der Waals surface area (Å²) in [5.41, 5.74) is 1.11. The summed E-state index contributed by atoms with van der Waals surface area (Å²) in [7, 11) is 0. The molecule has 0 unspecified atom stereocenters. The first-order chi connectivity index (χ1) is 11.6. The van der Waals surface area contributed by atoms with Crippen LogP contribution in [0.25, 0.3) is 0 Å². The highest BCUT2D eigenvalue weighted by Gasteiger charge is 2.29. The van der Waals surface area contributed by atoms with Gasteiger partial charge in [0, 0.05) is 25.7 Å². The minimum atomic E-state index is -0.405. The molecule has 0 saturated carbocycles. The minimum absolute atomic E-state index is 0.0837. The molecular formula is C18H27N3O3. The maximum Gasteiger partial charge on any atom is 0.325 e. The van der Waals surface area contributed by atoms with Gasteiger partial charge >= 0.3 is 5.97 Å². The number of carbonyl (C=O) groups excluding carboxylic acids is 2. The van der Waals surface area contributed by atoms with Crippen LogP contribution < -0.4 is 10.6 Å². The molecule has 1 aromatic carbocycles. The van der Waals surface area contributed by atoms with Crippen LogP contribution in [-0.2, 0) is 20.7 Å². The number of rotatable bonds is 7. The lowest BCUT2D eigenvalue weighted by Crippen LogP contribution is -2.57. The van der Waals surface area contributed by atoms with Crippen molar-refractivity contribution in [2.75, 3.05) is 32.8 Å². The van der Waals surface area contributed by atoms with Gasteiger partial charge in [-0.25, -0.2) is 0 Å². The summed E-state index contributed by atoms with van der Waals surface area (Å²) < 4.78 is 4.88. The van der Waals surface area contributed by atoms with E-state index in [2.05, 4.69) is 22.5 Å². The van der Waals surface area contributed by atoms with Crippen molar-refractivity contribution in [2.45, 2.75) is 32.4 Å². The summed E-state index contributed by atoms with van der Waals surface area (Å²) in [5, 5.41) is 6.11. The van der Waals surface area contributed by atoms with Crippen molar-refractivity contribution in [3.8, 4) is 0 Å². The number of esters is 1. The minimum Gasteiger partial charge on any atom is -0.465 e. The maximum absolute atomic E-state index is 12.7. The third kappa shape index (κ3) is 5.62. The smallest absolute Gasteiger partial charge is 0.325 e. The molecule has 24 heavy (non-hydrogen) atoms. The van der Waals surface area contributed by atoms with E-state index in [1.54, 1.807) is 6.92 Å². The number of ether oxygens (including phenoxy) is 1. The monoisotopic (exact) mass is 333 g/mol. The Labute approximate surface area is 143 Å². The molecule has 1 heterocycles. The van der Waals surface area contributed by atoms with Crippen molar-refractivity contribution in [2.24, 2.45) is 0 Å². The van der Waals surface area contributed by atoms with Crippen LogP contribution in [0.15, 0.2) is 30.3 Å². The lowest BCUT2D eigenvalue weighted by atomic mass is 10.0. The average molecular weight is 333 g/mol. The molecule has 1 aromatic rings.